The van der Waals surface area contributed by atoms with Gasteiger partial charge in [-0.05, 0) is 42.4 Å². The summed E-state index contributed by atoms with van der Waals surface area (Å²) in [5, 5.41) is 9.64. The van der Waals surface area contributed by atoms with E-state index in [9.17, 15) is 9.50 Å². The molecule has 0 heterocycles. The maximum atomic E-state index is 13.3. The monoisotopic (exact) mass is 242 g/mol. The first-order valence-electron chi connectivity index (χ1n) is 5.70. The minimum absolute atomic E-state index is 0.0275. The van der Waals surface area contributed by atoms with Gasteiger partial charge in [-0.3, -0.25) is 0 Å². The Hall–Kier alpha value is -0.600. The highest BCUT2D eigenvalue weighted by atomic mass is 35.5. The van der Waals surface area contributed by atoms with Gasteiger partial charge in [0.15, 0.2) is 0 Å². The third-order valence-electron chi connectivity index (χ3n) is 3.56. The second kappa shape index (κ2) is 4.72. The number of hydrogen-bond acceptors (Lipinski definition) is 1. The van der Waals surface area contributed by atoms with Crippen molar-refractivity contribution in [3.63, 3.8) is 0 Å². The maximum Gasteiger partial charge on any atom is 0.142 e. The molecular formula is C13H16ClFO. The lowest BCUT2D eigenvalue weighted by atomic mass is 9.81. The zero-order chi connectivity index (χ0) is 11.6. The molecule has 3 heteroatoms. The Labute approximate surface area is 100 Å². The summed E-state index contributed by atoms with van der Waals surface area (Å²) in [6.07, 6.45) is 5.15. The number of aliphatic hydroxyl groups is 1. The highest BCUT2D eigenvalue weighted by Crippen LogP contribution is 2.40. The van der Waals surface area contributed by atoms with Crippen LogP contribution in [0.15, 0.2) is 18.2 Å². The molecule has 1 aliphatic rings. The van der Waals surface area contributed by atoms with E-state index in [1.54, 1.807) is 6.07 Å². The normalized spacial score (nSPS) is 18.9. The summed E-state index contributed by atoms with van der Waals surface area (Å²) >= 11 is 5.64. The third kappa shape index (κ3) is 2.38. The first kappa shape index (κ1) is 11.9. The molecule has 0 saturated heterocycles. The lowest BCUT2D eigenvalue weighted by Crippen LogP contribution is -2.24. The van der Waals surface area contributed by atoms with E-state index in [0.29, 0.717) is 0 Å². The van der Waals surface area contributed by atoms with Gasteiger partial charge in [-0.2, -0.15) is 0 Å². The summed E-state index contributed by atoms with van der Waals surface area (Å²) in [6.45, 7) is 0.192. The fourth-order valence-corrected chi connectivity index (χ4v) is 2.72. The summed E-state index contributed by atoms with van der Waals surface area (Å²) in [5.41, 5.74) is 0.901. The minimum Gasteiger partial charge on any atom is -0.396 e. The molecule has 88 valence electrons. The van der Waals surface area contributed by atoms with Crippen LogP contribution in [-0.2, 0) is 6.42 Å². The van der Waals surface area contributed by atoms with Crippen molar-refractivity contribution in [2.75, 3.05) is 6.61 Å². The summed E-state index contributed by atoms with van der Waals surface area (Å²) in [6, 6.07) is 4.92. The molecule has 1 aromatic rings. The molecule has 1 nitrogen and oxygen atoms in total. The van der Waals surface area contributed by atoms with Crippen molar-refractivity contribution in [1.29, 1.82) is 0 Å². The number of benzene rings is 1. The molecule has 0 radical (unpaired) electrons. The molecule has 0 atom stereocenters. The molecule has 2 rings (SSSR count). The van der Waals surface area contributed by atoms with Crippen LogP contribution in [0.2, 0.25) is 5.02 Å². The van der Waals surface area contributed by atoms with E-state index in [1.165, 1.54) is 6.07 Å². The van der Waals surface area contributed by atoms with Crippen LogP contribution in [0, 0.1) is 11.2 Å². The standard InChI is InChI=1S/C13H16ClFO/c14-11-4-3-10(7-12(11)15)8-13(9-16)5-1-2-6-13/h3-4,7,16H,1-2,5-6,8-9H2. The largest absolute Gasteiger partial charge is 0.396 e. The molecule has 0 spiro atoms. The average Bonchev–Trinajstić information content (AvgIpc) is 2.73. The molecule has 0 bridgehead atoms. The summed E-state index contributed by atoms with van der Waals surface area (Å²) in [4.78, 5) is 0. The minimum atomic E-state index is -0.370. The van der Waals surface area contributed by atoms with E-state index in [-0.39, 0.29) is 22.9 Å². The van der Waals surface area contributed by atoms with Crippen molar-refractivity contribution in [3.05, 3.63) is 34.6 Å². The van der Waals surface area contributed by atoms with Gasteiger partial charge in [-0.25, -0.2) is 4.39 Å². The summed E-state index contributed by atoms with van der Waals surface area (Å²) < 4.78 is 13.3. The van der Waals surface area contributed by atoms with Crippen molar-refractivity contribution < 1.29 is 9.50 Å². The summed E-state index contributed by atoms with van der Waals surface area (Å²) in [5.74, 6) is -0.370. The summed E-state index contributed by atoms with van der Waals surface area (Å²) in [7, 11) is 0. The fraction of sp³-hybridized carbons (Fsp3) is 0.538. The second-order valence-electron chi connectivity index (χ2n) is 4.79. The molecule has 1 aromatic carbocycles. The van der Waals surface area contributed by atoms with Gasteiger partial charge in [0.1, 0.15) is 5.82 Å². The van der Waals surface area contributed by atoms with Crippen molar-refractivity contribution in [2.24, 2.45) is 5.41 Å². The lowest BCUT2D eigenvalue weighted by Gasteiger charge is -2.26. The van der Waals surface area contributed by atoms with Crippen LogP contribution in [-0.4, -0.2) is 11.7 Å². The predicted molar refractivity (Wildman–Crippen MR) is 63.1 cm³/mol. The zero-order valence-electron chi connectivity index (χ0n) is 9.18. The number of rotatable bonds is 3. The van der Waals surface area contributed by atoms with Gasteiger partial charge >= 0.3 is 0 Å². The number of aliphatic hydroxyl groups excluding tert-OH is 1. The molecule has 0 unspecified atom stereocenters. The van der Waals surface area contributed by atoms with Crippen LogP contribution < -0.4 is 0 Å². The molecule has 1 fully saturated rings. The Morgan fingerprint density at radius 2 is 2.00 bits per heavy atom. The number of hydrogen-bond donors (Lipinski definition) is 1. The van der Waals surface area contributed by atoms with Crippen molar-refractivity contribution >= 4 is 11.6 Å². The van der Waals surface area contributed by atoms with E-state index in [1.807, 2.05) is 6.07 Å². The quantitative estimate of drug-likeness (QED) is 0.859. The van der Waals surface area contributed by atoms with Crippen LogP contribution in [0.5, 0.6) is 0 Å². The van der Waals surface area contributed by atoms with Crippen LogP contribution in [0.3, 0.4) is 0 Å². The Bertz CT molecular complexity index is 372. The Morgan fingerprint density at radius 3 is 2.56 bits per heavy atom. The molecule has 0 amide bonds. The van der Waals surface area contributed by atoms with Crippen LogP contribution >= 0.6 is 11.6 Å². The van der Waals surface area contributed by atoms with Gasteiger partial charge < -0.3 is 5.11 Å². The molecule has 1 N–H and O–H groups in total. The molecule has 1 aliphatic carbocycles. The predicted octanol–water partition coefficient (Wildman–Crippen LogP) is 3.57. The molecule has 0 aliphatic heterocycles. The zero-order valence-corrected chi connectivity index (χ0v) is 9.93. The highest BCUT2D eigenvalue weighted by Gasteiger charge is 2.33. The molecular weight excluding hydrogens is 227 g/mol. The molecule has 0 aromatic heterocycles. The van der Waals surface area contributed by atoms with Crippen molar-refractivity contribution in [3.8, 4) is 0 Å². The van der Waals surface area contributed by atoms with Crippen LogP contribution in [0.4, 0.5) is 4.39 Å². The van der Waals surface area contributed by atoms with Crippen LogP contribution in [0.1, 0.15) is 31.2 Å². The first-order valence-corrected chi connectivity index (χ1v) is 6.08. The number of halogens is 2. The average molecular weight is 243 g/mol. The van der Waals surface area contributed by atoms with E-state index < -0.39 is 0 Å². The van der Waals surface area contributed by atoms with Gasteiger partial charge in [0, 0.05) is 6.61 Å². The topological polar surface area (TPSA) is 20.2 Å². The Morgan fingerprint density at radius 1 is 1.31 bits per heavy atom. The Kier molecular flexibility index (Phi) is 3.50. The van der Waals surface area contributed by atoms with Crippen LogP contribution in [0.25, 0.3) is 0 Å². The van der Waals surface area contributed by atoms with E-state index in [0.717, 1.165) is 37.7 Å². The van der Waals surface area contributed by atoms with Gasteiger partial charge in [-0.15, -0.1) is 0 Å². The van der Waals surface area contributed by atoms with Gasteiger partial charge in [0.05, 0.1) is 5.02 Å². The lowest BCUT2D eigenvalue weighted by molar-refractivity contribution is 0.130. The molecule has 16 heavy (non-hydrogen) atoms. The van der Waals surface area contributed by atoms with E-state index in [2.05, 4.69) is 0 Å². The van der Waals surface area contributed by atoms with Gasteiger partial charge in [0.25, 0.3) is 0 Å². The first-order chi connectivity index (χ1) is 7.65. The second-order valence-corrected chi connectivity index (χ2v) is 5.20. The van der Waals surface area contributed by atoms with Gasteiger partial charge in [0.2, 0.25) is 0 Å². The fourth-order valence-electron chi connectivity index (χ4n) is 2.60. The van der Waals surface area contributed by atoms with Gasteiger partial charge in [-0.1, -0.05) is 30.5 Å². The highest BCUT2D eigenvalue weighted by molar-refractivity contribution is 6.30. The Balaban J connectivity index is 2.16. The maximum absolute atomic E-state index is 13.3. The molecule has 1 saturated carbocycles. The smallest absolute Gasteiger partial charge is 0.142 e. The third-order valence-corrected chi connectivity index (χ3v) is 3.87. The van der Waals surface area contributed by atoms with Crippen molar-refractivity contribution in [1.82, 2.24) is 0 Å². The van der Waals surface area contributed by atoms with Crippen molar-refractivity contribution in [2.45, 2.75) is 32.1 Å². The van der Waals surface area contributed by atoms with E-state index >= 15 is 0 Å². The van der Waals surface area contributed by atoms with E-state index in [4.69, 9.17) is 11.6 Å². The SMILES string of the molecule is OCC1(Cc2ccc(Cl)c(F)c2)CCCC1.